The van der Waals surface area contributed by atoms with Crippen molar-refractivity contribution in [3.63, 3.8) is 0 Å². The number of carbonyl (C=O) groups excluding carboxylic acids is 1. The van der Waals surface area contributed by atoms with E-state index in [9.17, 15) is 17.6 Å². The van der Waals surface area contributed by atoms with Gasteiger partial charge >= 0.3 is 0 Å². The maximum Gasteiger partial charge on any atom is 0.243 e. The molecule has 30 heavy (non-hydrogen) atoms. The minimum Gasteiger partial charge on any atom is -0.349 e. The van der Waals surface area contributed by atoms with E-state index < -0.39 is 15.8 Å². The number of sulfonamides is 1. The zero-order valence-corrected chi connectivity index (χ0v) is 17.7. The second-order valence-corrected chi connectivity index (χ2v) is 9.82. The van der Waals surface area contributed by atoms with Crippen LogP contribution >= 0.6 is 0 Å². The molecule has 8 nitrogen and oxygen atoms in total. The van der Waals surface area contributed by atoms with Crippen molar-refractivity contribution in [1.82, 2.24) is 14.1 Å². The number of nitrogens with zero attached hydrogens (tertiary/aromatic N) is 3. The zero-order valence-electron chi connectivity index (χ0n) is 16.9. The first-order chi connectivity index (χ1) is 14.4. The Kier molecular flexibility index (Phi) is 6.69. The van der Waals surface area contributed by atoms with E-state index in [4.69, 9.17) is 9.47 Å². The fourth-order valence-electron chi connectivity index (χ4n) is 4.33. The van der Waals surface area contributed by atoms with Gasteiger partial charge in [-0.25, -0.2) is 12.8 Å². The van der Waals surface area contributed by atoms with E-state index in [2.05, 4.69) is 4.90 Å². The van der Waals surface area contributed by atoms with E-state index in [0.29, 0.717) is 32.8 Å². The number of halogens is 1. The van der Waals surface area contributed by atoms with Crippen LogP contribution in [-0.4, -0.2) is 93.2 Å². The second kappa shape index (κ2) is 9.27. The van der Waals surface area contributed by atoms with Crippen LogP contribution in [0.3, 0.4) is 0 Å². The van der Waals surface area contributed by atoms with Gasteiger partial charge in [-0.2, -0.15) is 4.31 Å². The van der Waals surface area contributed by atoms with E-state index in [1.807, 2.05) is 0 Å². The Hall–Kier alpha value is -1.59. The Balaban J connectivity index is 1.33. The summed E-state index contributed by atoms with van der Waals surface area (Å²) in [7, 11) is -3.69. The summed E-state index contributed by atoms with van der Waals surface area (Å²) in [6.07, 6.45) is 2.82. The van der Waals surface area contributed by atoms with E-state index in [1.54, 1.807) is 4.90 Å². The highest BCUT2D eigenvalue weighted by atomic mass is 32.2. The molecule has 1 aromatic carbocycles. The summed E-state index contributed by atoms with van der Waals surface area (Å²) < 4.78 is 51.3. The van der Waals surface area contributed by atoms with Gasteiger partial charge in [0.2, 0.25) is 15.9 Å². The Labute approximate surface area is 176 Å². The molecule has 0 aromatic heterocycles. The van der Waals surface area contributed by atoms with Gasteiger partial charge in [0, 0.05) is 26.2 Å². The Morgan fingerprint density at radius 3 is 2.33 bits per heavy atom. The van der Waals surface area contributed by atoms with Crippen molar-refractivity contribution in [2.45, 2.75) is 36.5 Å². The lowest BCUT2D eigenvalue weighted by atomic mass is 10.0. The smallest absolute Gasteiger partial charge is 0.243 e. The quantitative estimate of drug-likeness (QED) is 0.675. The second-order valence-electron chi connectivity index (χ2n) is 7.88. The molecule has 1 unspecified atom stereocenters. The van der Waals surface area contributed by atoms with Crippen LogP contribution in [0, 0.1) is 5.82 Å². The van der Waals surface area contributed by atoms with Crippen LogP contribution < -0.4 is 0 Å². The normalized spacial score (nSPS) is 25.0. The van der Waals surface area contributed by atoms with Crippen LogP contribution in [0.15, 0.2) is 29.2 Å². The molecule has 1 atom stereocenters. The Morgan fingerprint density at radius 1 is 1.00 bits per heavy atom. The van der Waals surface area contributed by atoms with Crippen LogP contribution in [0.25, 0.3) is 0 Å². The third-order valence-electron chi connectivity index (χ3n) is 6.01. The lowest BCUT2D eigenvalue weighted by Crippen LogP contribution is -2.55. The van der Waals surface area contributed by atoms with E-state index in [-0.39, 0.29) is 36.2 Å². The molecule has 3 aliphatic heterocycles. The predicted molar refractivity (Wildman–Crippen MR) is 107 cm³/mol. The number of amides is 1. The largest absolute Gasteiger partial charge is 0.349 e. The highest BCUT2D eigenvalue weighted by Gasteiger charge is 2.36. The number of piperazine rings is 1. The fraction of sp³-hybridized carbons (Fsp3) is 0.650. The van der Waals surface area contributed by atoms with Gasteiger partial charge in [-0.05, 0) is 43.7 Å². The summed E-state index contributed by atoms with van der Waals surface area (Å²) in [6.45, 7) is 3.44. The molecule has 0 bridgehead atoms. The fourth-order valence-corrected chi connectivity index (χ4v) is 5.75. The van der Waals surface area contributed by atoms with Crippen molar-refractivity contribution in [3.05, 3.63) is 30.1 Å². The molecule has 4 rings (SSSR count). The molecule has 0 radical (unpaired) electrons. The summed E-state index contributed by atoms with van der Waals surface area (Å²) >= 11 is 0. The third kappa shape index (κ3) is 4.67. The molecule has 1 aromatic rings. The molecule has 3 heterocycles. The number of carbonyl (C=O) groups is 1. The van der Waals surface area contributed by atoms with Crippen molar-refractivity contribution < 1.29 is 27.1 Å². The number of likely N-dealkylation sites (tertiary alicyclic amines) is 1. The molecule has 0 aliphatic carbocycles. The maximum atomic E-state index is 13.1. The van der Waals surface area contributed by atoms with Gasteiger partial charge in [-0.15, -0.1) is 0 Å². The Morgan fingerprint density at radius 2 is 1.67 bits per heavy atom. The molecule has 166 valence electrons. The molecular weight excluding hydrogens is 413 g/mol. The van der Waals surface area contributed by atoms with Crippen LogP contribution in [0.2, 0.25) is 0 Å². The van der Waals surface area contributed by atoms with Crippen LogP contribution in [0.5, 0.6) is 0 Å². The number of hydrogen-bond donors (Lipinski definition) is 0. The summed E-state index contributed by atoms with van der Waals surface area (Å²) in [5, 5.41) is 0. The van der Waals surface area contributed by atoms with Gasteiger partial charge in [0.1, 0.15) is 5.82 Å². The van der Waals surface area contributed by atoms with Gasteiger partial charge in [-0.3, -0.25) is 9.69 Å². The predicted octanol–water partition coefficient (Wildman–Crippen LogP) is 0.886. The lowest BCUT2D eigenvalue weighted by molar-refractivity contribution is -0.140. The number of rotatable bonds is 5. The number of hydrogen-bond acceptors (Lipinski definition) is 6. The van der Waals surface area contributed by atoms with Crippen molar-refractivity contribution in [1.29, 1.82) is 0 Å². The maximum absolute atomic E-state index is 13.1. The molecule has 0 N–H and O–H groups in total. The number of ether oxygens (including phenoxy) is 2. The molecule has 3 aliphatic rings. The topological polar surface area (TPSA) is 79.4 Å². The monoisotopic (exact) mass is 441 g/mol. The van der Waals surface area contributed by atoms with Crippen molar-refractivity contribution in [2.24, 2.45) is 0 Å². The average molecular weight is 442 g/mol. The van der Waals surface area contributed by atoms with Crippen LogP contribution in [0.4, 0.5) is 4.39 Å². The molecule has 1 amide bonds. The standard InChI is InChI=1S/C20H28FN3O5S/c21-16-4-6-17(7-5-16)30(26,27)24-11-9-22(10-12-24)19(25)15-23-8-2-1-3-18(23)20-28-13-14-29-20/h4-7,18,20H,1-3,8-15H2. The summed E-state index contributed by atoms with van der Waals surface area (Å²) in [6, 6.07) is 4.90. The Bertz CT molecular complexity index is 837. The highest BCUT2D eigenvalue weighted by molar-refractivity contribution is 7.89. The van der Waals surface area contributed by atoms with E-state index in [1.165, 1.54) is 16.4 Å². The van der Waals surface area contributed by atoms with Crippen molar-refractivity contribution in [2.75, 3.05) is 52.5 Å². The number of benzene rings is 1. The van der Waals surface area contributed by atoms with Gasteiger partial charge in [0.15, 0.2) is 6.29 Å². The van der Waals surface area contributed by atoms with Gasteiger partial charge in [-0.1, -0.05) is 6.42 Å². The molecule has 0 saturated carbocycles. The summed E-state index contributed by atoms with van der Waals surface area (Å²) in [5.41, 5.74) is 0. The van der Waals surface area contributed by atoms with E-state index >= 15 is 0 Å². The highest BCUT2D eigenvalue weighted by Crippen LogP contribution is 2.25. The first kappa shape index (κ1) is 21.6. The summed E-state index contributed by atoms with van der Waals surface area (Å²) in [5.74, 6) is -0.479. The van der Waals surface area contributed by atoms with E-state index in [0.717, 1.165) is 37.9 Å². The molecule has 10 heteroatoms. The molecule has 3 saturated heterocycles. The van der Waals surface area contributed by atoms with Crippen molar-refractivity contribution in [3.8, 4) is 0 Å². The molecule has 0 spiro atoms. The lowest BCUT2D eigenvalue weighted by Gasteiger charge is -2.39. The van der Waals surface area contributed by atoms with Crippen LogP contribution in [0.1, 0.15) is 19.3 Å². The SMILES string of the molecule is O=C(CN1CCCCC1C1OCCO1)N1CCN(S(=O)(=O)c2ccc(F)cc2)CC1. The van der Waals surface area contributed by atoms with Crippen molar-refractivity contribution >= 4 is 15.9 Å². The minimum atomic E-state index is -3.69. The van der Waals surface area contributed by atoms with Crippen LogP contribution in [-0.2, 0) is 24.3 Å². The van der Waals surface area contributed by atoms with Gasteiger partial charge in [0.25, 0.3) is 0 Å². The minimum absolute atomic E-state index is 0.00118. The average Bonchev–Trinajstić information content (AvgIpc) is 3.29. The number of piperidine rings is 1. The van der Waals surface area contributed by atoms with Gasteiger partial charge < -0.3 is 14.4 Å². The third-order valence-corrected chi connectivity index (χ3v) is 7.92. The summed E-state index contributed by atoms with van der Waals surface area (Å²) in [4.78, 5) is 16.8. The van der Waals surface area contributed by atoms with Gasteiger partial charge in [0.05, 0.1) is 30.7 Å². The zero-order chi connectivity index (χ0) is 21.1. The first-order valence-corrected chi connectivity index (χ1v) is 11.9. The first-order valence-electron chi connectivity index (χ1n) is 10.5. The molecular formula is C20H28FN3O5S. The molecule has 3 fully saturated rings.